The largest absolute Gasteiger partial charge is 0.455 e. The van der Waals surface area contributed by atoms with Gasteiger partial charge in [0.15, 0.2) is 0 Å². The van der Waals surface area contributed by atoms with Crippen LogP contribution in [0.5, 0.6) is 0 Å². The Morgan fingerprint density at radius 2 is 0.840 bits per heavy atom. The molecule has 0 atom stereocenters. The maximum atomic E-state index is 6.42. The number of hydrogen-bond donors (Lipinski definition) is 0. The molecule has 1 heterocycles. The minimum atomic E-state index is 0.951. The first kappa shape index (κ1) is 14.1. The second-order valence-electron chi connectivity index (χ2n) is 6.20. The van der Waals surface area contributed by atoms with E-state index in [0.29, 0.717) is 0 Å². The topological polar surface area (TPSA) is 13.1 Å². The van der Waals surface area contributed by atoms with Gasteiger partial charge in [-0.3, -0.25) is 0 Å². The van der Waals surface area contributed by atoms with Gasteiger partial charge in [0.2, 0.25) is 0 Å². The van der Waals surface area contributed by atoms with Crippen LogP contribution >= 0.6 is 0 Å². The van der Waals surface area contributed by atoms with Crippen LogP contribution in [0.2, 0.25) is 0 Å². The zero-order chi connectivity index (χ0) is 16.6. The lowest BCUT2D eigenvalue weighted by atomic mass is 10.0. The summed E-state index contributed by atoms with van der Waals surface area (Å²) in [6.45, 7) is 0. The first-order valence-electron chi connectivity index (χ1n) is 8.47. The van der Waals surface area contributed by atoms with Gasteiger partial charge in [0, 0.05) is 21.9 Å². The molecule has 0 amide bonds. The van der Waals surface area contributed by atoms with Gasteiger partial charge >= 0.3 is 0 Å². The van der Waals surface area contributed by atoms with E-state index in [2.05, 4.69) is 84.9 Å². The van der Waals surface area contributed by atoms with Gasteiger partial charge in [-0.1, -0.05) is 97.1 Å². The second-order valence-corrected chi connectivity index (χ2v) is 6.20. The van der Waals surface area contributed by atoms with E-state index in [-0.39, 0.29) is 0 Å². The molecule has 5 aromatic rings. The van der Waals surface area contributed by atoms with E-state index in [9.17, 15) is 0 Å². The zero-order valence-corrected chi connectivity index (χ0v) is 13.6. The molecule has 0 radical (unpaired) electrons. The maximum absolute atomic E-state index is 6.42. The summed E-state index contributed by atoms with van der Waals surface area (Å²) in [6.07, 6.45) is 0. The minimum absolute atomic E-state index is 0.951. The van der Waals surface area contributed by atoms with Gasteiger partial charge in [-0.05, 0) is 11.1 Å². The van der Waals surface area contributed by atoms with Crippen molar-refractivity contribution in [3.63, 3.8) is 0 Å². The molecule has 5 rings (SSSR count). The third kappa shape index (κ3) is 2.25. The van der Waals surface area contributed by atoms with Crippen molar-refractivity contribution in [3.8, 4) is 22.3 Å². The van der Waals surface area contributed by atoms with E-state index in [1.165, 1.54) is 11.1 Å². The molecule has 0 unspecified atom stereocenters. The van der Waals surface area contributed by atoms with E-state index < -0.39 is 0 Å². The summed E-state index contributed by atoms with van der Waals surface area (Å²) in [6, 6.07) is 33.6. The molecule has 0 saturated carbocycles. The summed E-state index contributed by atoms with van der Waals surface area (Å²) < 4.78 is 6.42. The molecule has 0 fully saturated rings. The van der Waals surface area contributed by atoms with Crippen molar-refractivity contribution >= 4 is 21.9 Å². The molecule has 0 aliphatic rings. The molecule has 0 aliphatic carbocycles. The fraction of sp³-hybridized carbons (Fsp3) is 0. The summed E-state index contributed by atoms with van der Waals surface area (Å²) in [5, 5.41) is 2.32. The molecule has 0 bridgehead atoms. The lowest BCUT2D eigenvalue weighted by molar-refractivity contribution is 0.671. The summed E-state index contributed by atoms with van der Waals surface area (Å²) in [4.78, 5) is 0. The van der Waals surface area contributed by atoms with Crippen molar-refractivity contribution in [2.75, 3.05) is 0 Å². The SMILES string of the molecule is c1ccc(-c2cccc3c2oc2c(-c4ccccc4)cccc23)cc1. The lowest BCUT2D eigenvalue weighted by Gasteiger charge is -2.02. The maximum Gasteiger partial charge on any atom is 0.143 e. The normalized spacial score (nSPS) is 11.2. The average Bonchev–Trinajstić information content (AvgIpc) is 3.08. The van der Waals surface area contributed by atoms with Crippen LogP contribution < -0.4 is 0 Å². The highest BCUT2D eigenvalue weighted by atomic mass is 16.3. The Morgan fingerprint density at radius 1 is 0.400 bits per heavy atom. The predicted molar refractivity (Wildman–Crippen MR) is 105 cm³/mol. The molecule has 4 aromatic carbocycles. The smallest absolute Gasteiger partial charge is 0.143 e. The van der Waals surface area contributed by atoms with Gasteiger partial charge in [0.1, 0.15) is 11.2 Å². The van der Waals surface area contributed by atoms with Crippen LogP contribution in [0.3, 0.4) is 0 Å². The highest BCUT2D eigenvalue weighted by molar-refractivity contribution is 6.12. The van der Waals surface area contributed by atoms with Gasteiger partial charge in [0.25, 0.3) is 0 Å². The van der Waals surface area contributed by atoms with Crippen molar-refractivity contribution < 1.29 is 4.42 Å². The van der Waals surface area contributed by atoms with E-state index >= 15 is 0 Å². The molecule has 0 aliphatic heterocycles. The fourth-order valence-electron chi connectivity index (χ4n) is 3.51. The van der Waals surface area contributed by atoms with Gasteiger partial charge < -0.3 is 4.42 Å². The monoisotopic (exact) mass is 320 g/mol. The first-order valence-corrected chi connectivity index (χ1v) is 8.47. The van der Waals surface area contributed by atoms with Crippen molar-refractivity contribution in [2.24, 2.45) is 0 Å². The van der Waals surface area contributed by atoms with Crippen molar-refractivity contribution in [2.45, 2.75) is 0 Å². The van der Waals surface area contributed by atoms with Gasteiger partial charge in [-0.25, -0.2) is 0 Å². The van der Waals surface area contributed by atoms with Crippen LogP contribution in [0.15, 0.2) is 101 Å². The van der Waals surface area contributed by atoms with E-state index in [4.69, 9.17) is 4.42 Å². The molecule has 1 heteroatoms. The van der Waals surface area contributed by atoms with Gasteiger partial charge in [-0.15, -0.1) is 0 Å². The van der Waals surface area contributed by atoms with Crippen LogP contribution in [0, 0.1) is 0 Å². The fourth-order valence-corrected chi connectivity index (χ4v) is 3.51. The van der Waals surface area contributed by atoms with Gasteiger partial charge in [0.05, 0.1) is 0 Å². The number of fused-ring (bicyclic) bond motifs is 3. The Kier molecular flexibility index (Phi) is 3.17. The van der Waals surface area contributed by atoms with Crippen LogP contribution in [0.1, 0.15) is 0 Å². The zero-order valence-electron chi connectivity index (χ0n) is 13.6. The summed E-state index contributed by atoms with van der Waals surface area (Å²) in [7, 11) is 0. The number of para-hydroxylation sites is 2. The predicted octanol–water partition coefficient (Wildman–Crippen LogP) is 6.92. The Labute approximate surface area is 146 Å². The molecule has 0 spiro atoms. The molecular formula is C24H16O. The van der Waals surface area contributed by atoms with Crippen LogP contribution in [0.25, 0.3) is 44.2 Å². The molecule has 25 heavy (non-hydrogen) atoms. The van der Waals surface area contributed by atoms with Crippen LogP contribution in [0.4, 0.5) is 0 Å². The molecular weight excluding hydrogens is 304 g/mol. The average molecular weight is 320 g/mol. The third-order valence-electron chi connectivity index (χ3n) is 4.69. The second kappa shape index (κ2) is 5.64. The Morgan fingerprint density at radius 3 is 1.28 bits per heavy atom. The molecule has 1 nitrogen and oxygen atoms in total. The van der Waals surface area contributed by atoms with Crippen LogP contribution in [-0.4, -0.2) is 0 Å². The van der Waals surface area contributed by atoms with Crippen LogP contribution in [-0.2, 0) is 0 Å². The van der Waals surface area contributed by atoms with Crippen molar-refractivity contribution in [3.05, 3.63) is 97.1 Å². The Balaban J connectivity index is 1.85. The van der Waals surface area contributed by atoms with Gasteiger partial charge in [-0.2, -0.15) is 0 Å². The van der Waals surface area contributed by atoms with E-state index in [1.807, 2.05) is 12.1 Å². The summed E-state index contributed by atoms with van der Waals surface area (Å²) >= 11 is 0. The highest BCUT2D eigenvalue weighted by Crippen LogP contribution is 2.39. The number of benzene rings is 4. The van der Waals surface area contributed by atoms with E-state index in [1.54, 1.807) is 0 Å². The number of hydrogen-bond acceptors (Lipinski definition) is 1. The Hall–Kier alpha value is -3.32. The quantitative estimate of drug-likeness (QED) is 0.344. The highest BCUT2D eigenvalue weighted by Gasteiger charge is 2.14. The standard InChI is InChI=1S/C24H16O/c1-3-9-17(10-4-1)19-13-7-15-21-22-16-8-14-20(24(22)25-23(19)21)18-11-5-2-6-12-18/h1-16H. The third-order valence-corrected chi connectivity index (χ3v) is 4.69. The summed E-state index contributed by atoms with van der Waals surface area (Å²) in [5.41, 5.74) is 6.52. The lowest BCUT2D eigenvalue weighted by Crippen LogP contribution is -1.77. The number of rotatable bonds is 2. The molecule has 0 N–H and O–H groups in total. The molecule has 0 saturated heterocycles. The number of furan rings is 1. The van der Waals surface area contributed by atoms with E-state index in [0.717, 1.165) is 33.1 Å². The molecule has 1 aromatic heterocycles. The van der Waals surface area contributed by atoms with Crippen molar-refractivity contribution in [1.82, 2.24) is 0 Å². The molecule has 118 valence electrons. The Bertz CT molecular complexity index is 1070. The first-order chi connectivity index (χ1) is 12.4. The minimum Gasteiger partial charge on any atom is -0.455 e. The summed E-state index contributed by atoms with van der Waals surface area (Å²) in [5.74, 6) is 0. The van der Waals surface area contributed by atoms with Crippen molar-refractivity contribution in [1.29, 1.82) is 0 Å².